The Morgan fingerprint density at radius 3 is 2.74 bits per heavy atom. The quantitative estimate of drug-likeness (QED) is 0.318. The van der Waals surface area contributed by atoms with Crippen LogP contribution in [-0.2, 0) is 17.8 Å². The van der Waals surface area contributed by atoms with E-state index in [1.54, 1.807) is 31.4 Å². The number of aryl methyl sites for hydroxylation is 1. The van der Waals surface area contributed by atoms with Gasteiger partial charge >= 0.3 is 5.97 Å². The van der Waals surface area contributed by atoms with Crippen molar-refractivity contribution in [3.63, 3.8) is 0 Å². The van der Waals surface area contributed by atoms with E-state index in [4.69, 9.17) is 9.15 Å². The Balaban J connectivity index is 0.00000264. The first-order valence-electron chi connectivity index (χ1n) is 6.78. The standard InChI is InChI=1S/C15H19N3O3S.HI/c1-10-13(14(19)20-3)7-11(21-10)8-17-15(16-2)18-9-12-5-4-6-22-12;/h4-7H,8-9H2,1-3H3,(H2,16,17,18);1H. The third kappa shape index (κ3) is 5.54. The summed E-state index contributed by atoms with van der Waals surface area (Å²) in [7, 11) is 3.06. The van der Waals surface area contributed by atoms with Crippen LogP contribution in [0.25, 0.3) is 0 Å². The fraction of sp³-hybridized carbons (Fsp3) is 0.333. The van der Waals surface area contributed by atoms with Crippen molar-refractivity contribution < 1.29 is 13.9 Å². The highest BCUT2D eigenvalue weighted by atomic mass is 127. The molecule has 2 N–H and O–H groups in total. The molecule has 23 heavy (non-hydrogen) atoms. The van der Waals surface area contributed by atoms with Crippen LogP contribution in [0.15, 0.2) is 33.0 Å². The SMILES string of the molecule is CN=C(NCc1cc(C(=O)OC)c(C)o1)NCc1cccs1.I. The highest BCUT2D eigenvalue weighted by Crippen LogP contribution is 2.15. The molecule has 2 heterocycles. The number of halogens is 1. The summed E-state index contributed by atoms with van der Waals surface area (Å²) in [4.78, 5) is 16.9. The fourth-order valence-corrected chi connectivity index (χ4v) is 2.56. The lowest BCUT2D eigenvalue weighted by atomic mass is 10.2. The van der Waals surface area contributed by atoms with E-state index >= 15 is 0 Å². The van der Waals surface area contributed by atoms with E-state index < -0.39 is 5.97 Å². The Labute approximate surface area is 156 Å². The number of methoxy groups -OCH3 is 1. The lowest BCUT2D eigenvalue weighted by Crippen LogP contribution is -2.36. The van der Waals surface area contributed by atoms with Gasteiger partial charge in [-0.15, -0.1) is 35.3 Å². The van der Waals surface area contributed by atoms with Gasteiger partial charge in [0.1, 0.15) is 17.1 Å². The van der Waals surface area contributed by atoms with Crippen molar-refractivity contribution >= 4 is 47.2 Å². The molecule has 2 rings (SSSR count). The molecule has 6 nitrogen and oxygen atoms in total. The number of guanidine groups is 1. The minimum absolute atomic E-state index is 0. The average molecular weight is 449 g/mol. The Hall–Kier alpha value is -1.55. The van der Waals surface area contributed by atoms with E-state index in [1.807, 2.05) is 11.4 Å². The molecule has 0 aromatic carbocycles. The van der Waals surface area contributed by atoms with Gasteiger partial charge in [0.05, 0.1) is 20.2 Å². The van der Waals surface area contributed by atoms with Gasteiger partial charge in [-0.3, -0.25) is 4.99 Å². The summed E-state index contributed by atoms with van der Waals surface area (Å²) in [6.45, 7) is 2.88. The van der Waals surface area contributed by atoms with Crippen LogP contribution in [0.3, 0.4) is 0 Å². The van der Waals surface area contributed by atoms with Crippen LogP contribution in [0, 0.1) is 6.92 Å². The maximum Gasteiger partial charge on any atom is 0.341 e. The molecule has 0 aliphatic carbocycles. The van der Waals surface area contributed by atoms with Crippen molar-refractivity contribution in [2.24, 2.45) is 4.99 Å². The number of esters is 1. The molecule has 0 amide bonds. The first kappa shape index (κ1) is 19.5. The molecule has 0 unspecified atom stereocenters. The van der Waals surface area contributed by atoms with E-state index in [0.29, 0.717) is 36.1 Å². The molecule has 0 spiro atoms. The first-order chi connectivity index (χ1) is 10.6. The van der Waals surface area contributed by atoms with Crippen molar-refractivity contribution in [2.45, 2.75) is 20.0 Å². The number of carbonyl (C=O) groups is 1. The summed E-state index contributed by atoms with van der Waals surface area (Å²) in [5.74, 6) is 1.47. The molecule has 0 atom stereocenters. The zero-order chi connectivity index (χ0) is 15.9. The van der Waals surface area contributed by atoms with Gasteiger partial charge in [-0.25, -0.2) is 4.79 Å². The van der Waals surface area contributed by atoms with E-state index in [2.05, 4.69) is 21.7 Å². The average Bonchev–Trinajstić information content (AvgIpc) is 3.16. The second-order valence-electron chi connectivity index (χ2n) is 4.53. The summed E-state index contributed by atoms with van der Waals surface area (Å²) in [5, 5.41) is 8.39. The number of furan rings is 1. The summed E-state index contributed by atoms with van der Waals surface area (Å²) in [6.07, 6.45) is 0. The van der Waals surface area contributed by atoms with Gasteiger partial charge in [0.25, 0.3) is 0 Å². The van der Waals surface area contributed by atoms with E-state index in [1.165, 1.54) is 12.0 Å². The predicted molar refractivity (Wildman–Crippen MR) is 102 cm³/mol. The van der Waals surface area contributed by atoms with Gasteiger partial charge in [-0.05, 0) is 24.4 Å². The molecule has 2 aromatic rings. The summed E-state index contributed by atoms with van der Waals surface area (Å²) in [6, 6.07) is 5.75. The number of aliphatic imine (C=N–C) groups is 1. The van der Waals surface area contributed by atoms with Crippen molar-refractivity contribution in [3.8, 4) is 0 Å². The summed E-state index contributed by atoms with van der Waals surface area (Å²) < 4.78 is 10.2. The van der Waals surface area contributed by atoms with Crippen LogP contribution in [0.1, 0.15) is 26.8 Å². The van der Waals surface area contributed by atoms with Crippen LogP contribution in [-0.4, -0.2) is 26.1 Å². The Morgan fingerprint density at radius 1 is 1.39 bits per heavy atom. The lowest BCUT2D eigenvalue weighted by molar-refractivity contribution is 0.0599. The number of hydrogen-bond donors (Lipinski definition) is 2. The minimum Gasteiger partial charge on any atom is -0.465 e. The highest BCUT2D eigenvalue weighted by Gasteiger charge is 2.15. The van der Waals surface area contributed by atoms with Crippen molar-refractivity contribution in [1.82, 2.24) is 10.6 Å². The van der Waals surface area contributed by atoms with E-state index in [9.17, 15) is 4.79 Å². The van der Waals surface area contributed by atoms with Crippen LogP contribution in [0.2, 0.25) is 0 Å². The Morgan fingerprint density at radius 2 is 2.13 bits per heavy atom. The van der Waals surface area contributed by atoms with Crippen LogP contribution >= 0.6 is 35.3 Å². The summed E-state index contributed by atoms with van der Waals surface area (Å²) >= 11 is 1.69. The normalized spacial score (nSPS) is 10.8. The summed E-state index contributed by atoms with van der Waals surface area (Å²) in [5.41, 5.74) is 0.445. The van der Waals surface area contributed by atoms with E-state index in [-0.39, 0.29) is 24.0 Å². The first-order valence-corrected chi connectivity index (χ1v) is 7.66. The molecule has 0 saturated carbocycles. The third-order valence-electron chi connectivity index (χ3n) is 3.04. The van der Waals surface area contributed by atoms with Gasteiger partial charge in [0.15, 0.2) is 5.96 Å². The molecular formula is C15H20IN3O3S. The Kier molecular flexibility index (Phi) is 8.10. The molecule has 2 aromatic heterocycles. The number of nitrogens with one attached hydrogen (secondary N) is 2. The fourth-order valence-electron chi connectivity index (χ4n) is 1.92. The molecule has 0 aliphatic heterocycles. The van der Waals surface area contributed by atoms with E-state index in [0.717, 1.165) is 0 Å². The van der Waals surface area contributed by atoms with Gasteiger partial charge < -0.3 is 19.8 Å². The maximum absolute atomic E-state index is 11.5. The molecule has 0 bridgehead atoms. The number of rotatable bonds is 5. The molecule has 0 saturated heterocycles. The number of hydrogen-bond acceptors (Lipinski definition) is 5. The van der Waals surface area contributed by atoms with Crippen LogP contribution in [0.5, 0.6) is 0 Å². The van der Waals surface area contributed by atoms with Gasteiger partial charge in [-0.1, -0.05) is 6.07 Å². The monoisotopic (exact) mass is 449 g/mol. The number of ether oxygens (including phenoxy) is 1. The van der Waals surface area contributed by atoms with Gasteiger partial charge in [-0.2, -0.15) is 0 Å². The van der Waals surface area contributed by atoms with Gasteiger partial charge in [0.2, 0.25) is 0 Å². The van der Waals surface area contributed by atoms with Gasteiger partial charge in [0, 0.05) is 11.9 Å². The largest absolute Gasteiger partial charge is 0.465 e. The topological polar surface area (TPSA) is 75.9 Å². The molecule has 0 radical (unpaired) electrons. The minimum atomic E-state index is -0.396. The van der Waals surface area contributed by atoms with Crippen LogP contribution < -0.4 is 10.6 Å². The molecule has 0 fully saturated rings. The second kappa shape index (κ2) is 9.56. The predicted octanol–water partition coefficient (Wildman–Crippen LogP) is 2.92. The number of carbonyl (C=O) groups excluding carboxylic acids is 1. The molecular weight excluding hydrogens is 429 g/mol. The van der Waals surface area contributed by atoms with Crippen molar-refractivity contribution in [2.75, 3.05) is 14.2 Å². The maximum atomic E-state index is 11.5. The highest BCUT2D eigenvalue weighted by molar-refractivity contribution is 14.0. The lowest BCUT2D eigenvalue weighted by Gasteiger charge is -2.09. The number of thiophene rings is 1. The van der Waals surface area contributed by atoms with Crippen molar-refractivity contribution in [1.29, 1.82) is 0 Å². The second-order valence-corrected chi connectivity index (χ2v) is 5.57. The zero-order valence-electron chi connectivity index (χ0n) is 13.2. The molecule has 8 heteroatoms. The molecule has 126 valence electrons. The molecule has 0 aliphatic rings. The smallest absolute Gasteiger partial charge is 0.341 e. The van der Waals surface area contributed by atoms with Crippen molar-refractivity contribution in [3.05, 3.63) is 45.5 Å². The zero-order valence-corrected chi connectivity index (χ0v) is 16.4. The van der Waals surface area contributed by atoms with Crippen LogP contribution in [0.4, 0.5) is 0 Å². The third-order valence-corrected chi connectivity index (χ3v) is 3.91. The number of nitrogens with zero attached hydrogens (tertiary/aromatic N) is 1. The Bertz CT molecular complexity index is 653.